The van der Waals surface area contributed by atoms with E-state index in [9.17, 15) is 13.2 Å². The number of benzene rings is 1. The summed E-state index contributed by atoms with van der Waals surface area (Å²) in [6.07, 6.45) is 7.21. The topological polar surface area (TPSA) is 66.5 Å². The van der Waals surface area contributed by atoms with Crippen LogP contribution in [0, 0.1) is 5.92 Å². The van der Waals surface area contributed by atoms with E-state index in [1.54, 1.807) is 0 Å². The first kappa shape index (κ1) is 17.3. The fourth-order valence-electron chi connectivity index (χ4n) is 3.70. The lowest BCUT2D eigenvalue weighted by molar-refractivity contribution is -0.125. The average Bonchev–Trinajstić information content (AvgIpc) is 2.82. The minimum atomic E-state index is -3.39. The molecule has 1 aromatic rings. The summed E-state index contributed by atoms with van der Waals surface area (Å²) in [5.74, 6) is 0.0384. The van der Waals surface area contributed by atoms with Gasteiger partial charge >= 0.3 is 0 Å². The van der Waals surface area contributed by atoms with Crippen molar-refractivity contribution in [3.63, 3.8) is 0 Å². The molecule has 0 bridgehead atoms. The highest BCUT2D eigenvalue weighted by molar-refractivity contribution is 7.92. The van der Waals surface area contributed by atoms with E-state index in [1.807, 2.05) is 24.3 Å². The first-order valence-electron chi connectivity index (χ1n) is 8.94. The molecular weight excluding hydrogens is 324 g/mol. The van der Waals surface area contributed by atoms with E-state index in [0.29, 0.717) is 6.54 Å². The van der Waals surface area contributed by atoms with Crippen molar-refractivity contribution in [2.45, 2.75) is 44.9 Å². The molecule has 0 saturated heterocycles. The number of para-hydroxylation sites is 1. The van der Waals surface area contributed by atoms with Gasteiger partial charge in [0.1, 0.15) is 0 Å². The number of amides is 1. The van der Waals surface area contributed by atoms with Crippen LogP contribution in [0.2, 0.25) is 0 Å². The van der Waals surface area contributed by atoms with Crippen molar-refractivity contribution >= 4 is 21.6 Å². The molecule has 1 N–H and O–H groups in total. The van der Waals surface area contributed by atoms with Gasteiger partial charge in [-0.25, -0.2) is 8.42 Å². The van der Waals surface area contributed by atoms with Crippen molar-refractivity contribution in [3.05, 3.63) is 29.8 Å². The van der Waals surface area contributed by atoms with Gasteiger partial charge in [-0.15, -0.1) is 0 Å². The van der Waals surface area contributed by atoms with E-state index in [4.69, 9.17) is 0 Å². The summed E-state index contributed by atoms with van der Waals surface area (Å²) in [6.45, 7) is 0.689. The summed E-state index contributed by atoms with van der Waals surface area (Å²) in [5, 5.41) is 2.84. The predicted molar refractivity (Wildman–Crippen MR) is 95.5 cm³/mol. The molecule has 0 spiro atoms. The largest absolute Gasteiger partial charge is 0.355 e. The molecule has 1 aliphatic heterocycles. The molecular formula is C18H26N2O3S. The average molecular weight is 350 g/mol. The number of hydrogen-bond donors (Lipinski definition) is 1. The van der Waals surface area contributed by atoms with Gasteiger partial charge in [0.05, 0.1) is 11.4 Å². The van der Waals surface area contributed by atoms with E-state index >= 15 is 0 Å². The van der Waals surface area contributed by atoms with E-state index in [0.717, 1.165) is 43.4 Å². The number of fused-ring (bicyclic) bond motifs is 1. The maximum absolute atomic E-state index is 12.6. The van der Waals surface area contributed by atoms with Crippen LogP contribution < -0.4 is 9.62 Å². The van der Waals surface area contributed by atoms with E-state index < -0.39 is 10.0 Å². The van der Waals surface area contributed by atoms with Gasteiger partial charge in [0.15, 0.2) is 0 Å². The molecule has 0 aromatic heterocycles. The molecule has 6 heteroatoms. The van der Waals surface area contributed by atoms with Gasteiger partial charge in [-0.1, -0.05) is 43.9 Å². The van der Waals surface area contributed by atoms with Gasteiger partial charge in [-0.05, 0) is 30.9 Å². The Kier molecular flexibility index (Phi) is 5.43. The van der Waals surface area contributed by atoms with Crippen LogP contribution in [-0.4, -0.2) is 33.2 Å². The summed E-state index contributed by atoms with van der Waals surface area (Å²) in [6, 6.07) is 7.62. The zero-order valence-corrected chi connectivity index (χ0v) is 14.9. The third kappa shape index (κ3) is 3.91. The summed E-state index contributed by atoms with van der Waals surface area (Å²) in [5.41, 5.74) is 1.86. The van der Waals surface area contributed by atoms with Crippen LogP contribution in [0.15, 0.2) is 24.3 Å². The highest BCUT2D eigenvalue weighted by Crippen LogP contribution is 2.30. The van der Waals surface area contributed by atoms with Gasteiger partial charge < -0.3 is 5.32 Å². The van der Waals surface area contributed by atoms with Crippen molar-refractivity contribution in [1.82, 2.24) is 5.32 Å². The van der Waals surface area contributed by atoms with Crippen LogP contribution in [0.1, 0.15) is 44.1 Å². The Labute approximate surface area is 144 Å². The molecule has 0 radical (unpaired) electrons. The SMILES string of the molecule is O=C(NCCS(=O)(=O)N1CCc2ccccc21)C1CCCCCC1. The van der Waals surface area contributed by atoms with Crippen LogP contribution in [0.3, 0.4) is 0 Å². The van der Waals surface area contributed by atoms with Crippen LogP contribution in [0.4, 0.5) is 5.69 Å². The molecule has 132 valence electrons. The quantitative estimate of drug-likeness (QED) is 0.830. The van der Waals surface area contributed by atoms with Gasteiger partial charge in [0.25, 0.3) is 0 Å². The zero-order chi connectivity index (χ0) is 17.0. The van der Waals surface area contributed by atoms with Crippen molar-refractivity contribution in [2.24, 2.45) is 5.92 Å². The third-order valence-electron chi connectivity index (χ3n) is 5.07. The lowest BCUT2D eigenvalue weighted by Gasteiger charge is -2.20. The van der Waals surface area contributed by atoms with Gasteiger partial charge in [-0.2, -0.15) is 0 Å². The van der Waals surface area contributed by atoms with Crippen molar-refractivity contribution in [1.29, 1.82) is 0 Å². The minimum absolute atomic E-state index is 0.0222. The number of nitrogens with one attached hydrogen (secondary N) is 1. The molecule has 1 aromatic carbocycles. The van der Waals surface area contributed by atoms with Gasteiger partial charge in [0.2, 0.25) is 15.9 Å². The Bertz CT molecular complexity index is 679. The van der Waals surface area contributed by atoms with Gasteiger partial charge in [0, 0.05) is 19.0 Å². The summed E-state index contributed by atoms with van der Waals surface area (Å²) in [7, 11) is -3.39. The minimum Gasteiger partial charge on any atom is -0.355 e. The Morgan fingerprint density at radius 1 is 1.12 bits per heavy atom. The van der Waals surface area contributed by atoms with Crippen LogP contribution in [0.25, 0.3) is 0 Å². The van der Waals surface area contributed by atoms with Crippen LogP contribution in [0.5, 0.6) is 0 Å². The first-order chi connectivity index (χ1) is 11.6. The summed E-state index contributed by atoms with van der Waals surface area (Å²) in [4.78, 5) is 12.2. The molecule has 1 fully saturated rings. The monoisotopic (exact) mass is 350 g/mol. The Morgan fingerprint density at radius 3 is 2.58 bits per heavy atom. The molecule has 5 nitrogen and oxygen atoms in total. The normalized spacial score (nSPS) is 18.9. The molecule has 1 amide bonds. The summed E-state index contributed by atoms with van der Waals surface area (Å²) >= 11 is 0. The molecule has 1 aliphatic carbocycles. The number of carbonyl (C=O) groups excluding carboxylic acids is 1. The van der Waals surface area contributed by atoms with Gasteiger partial charge in [-0.3, -0.25) is 9.10 Å². The number of carbonyl (C=O) groups is 1. The first-order valence-corrected chi connectivity index (χ1v) is 10.5. The standard InChI is InChI=1S/C18H26N2O3S/c21-18(16-8-3-1-2-4-9-16)19-12-14-24(22,23)20-13-11-15-7-5-6-10-17(15)20/h5-7,10,16H,1-4,8-9,11-14H2,(H,19,21). The van der Waals surface area contributed by atoms with E-state index in [1.165, 1.54) is 17.1 Å². The molecule has 0 atom stereocenters. The predicted octanol–water partition coefficient (Wildman–Crippen LogP) is 2.47. The van der Waals surface area contributed by atoms with E-state index in [2.05, 4.69) is 5.32 Å². The number of nitrogens with zero attached hydrogens (tertiary/aromatic N) is 1. The Hall–Kier alpha value is -1.56. The highest BCUT2D eigenvalue weighted by Gasteiger charge is 2.29. The molecule has 2 aliphatic rings. The molecule has 24 heavy (non-hydrogen) atoms. The molecule has 3 rings (SSSR count). The number of anilines is 1. The second kappa shape index (κ2) is 7.55. The fourth-order valence-corrected chi connectivity index (χ4v) is 5.12. The van der Waals surface area contributed by atoms with Crippen molar-refractivity contribution in [3.8, 4) is 0 Å². The maximum Gasteiger partial charge on any atom is 0.236 e. The molecule has 0 unspecified atom stereocenters. The Balaban J connectivity index is 1.53. The van der Waals surface area contributed by atoms with Crippen LogP contribution in [-0.2, 0) is 21.2 Å². The second-order valence-corrected chi connectivity index (χ2v) is 8.76. The summed E-state index contributed by atoms with van der Waals surface area (Å²) < 4.78 is 26.7. The second-order valence-electron chi connectivity index (χ2n) is 6.75. The number of hydrogen-bond acceptors (Lipinski definition) is 3. The smallest absolute Gasteiger partial charge is 0.236 e. The van der Waals surface area contributed by atoms with E-state index in [-0.39, 0.29) is 24.1 Å². The molecule has 1 saturated carbocycles. The van der Waals surface area contributed by atoms with Crippen molar-refractivity contribution < 1.29 is 13.2 Å². The maximum atomic E-state index is 12.6. The Morgan fingerprint density at radius 2 is 1.83 bits per heavy atom. The lowest BCUT2D eigenvalue weighted by atomic mass is 10.00. The number of sulfonamides is 1. The zero-order valence-electron chi connectivity index (χ0n) is 14.0. The fraction of sp³-hybridized carbons (Fsp3) is 0.611. The third-order valence-corrected chi connectivity index (χ3v) is 6.84. The van der Waals surface area contributed by atoms with Crippen LogP contribution >= 0.6 is 0 Å². The van der Waals surface area contributed by atoms with Crippen molar-refractivity contribution in [2.75, 3.05) is 23.1 Å². The molecule has 1 heterocycles. The number of rotatable bonds is 5. The highest BCUT2D eigenvalue weighted by atomic mass is 32.2. The lowest BCUT2D eigenvalue weighted by Crippen LogP contribution is -2.38.